The topological polar surface area (TPSA) is 75.3 Å². The van der Waals surface area contributed by atoms with Gasteiger partial charge < -0.3 is 5.32 Å². The van der Waals surface area contributed by atoms with E-state index in [1.807, 2.05) is 0 Å². The zero-order chi connectivity index (χ0) is 16.9. The fraction of sp³-hybridized carbons (Fsp3) is 0.533. The average Bonchev–Trinajstić information content (AvgIpc) is 2.47. The van der Waals surface area contributed by atoms with Gasteiger partial charge in [-0.05, 0) is 25.0 Å². The molecule has 0 heterocycles. The highest BCUT2D eigenvalue weighted by atomic mass is 35.5. The minimum absolute atomic E-state index is 0.00242. The van der Waals surface area contributed by atoms with Crippen molar-refractivity contribution in [1.82, 2.24) is 10.0 Å². The second-order valence-corrected chi connectivity index (χ2v) is 8.12. The van der Waals surface area contributed by atoms with E-state index in [4.69, 9.17) is 23.2 Å². The second-order valence-electron chi connectivity index (χ2n) is 5.60. The Morgan fingerprint density at radius 2 is 1.74 bits per heavy atom. The highest BCUT2D eigenvalue weighted by Crippen LogP contribution is 2.28. The van der Waals surface area contributed by atoms with Crippen LogP contribution in [0, 0.1) is 0 Å². The molecule has 5 nitrogen and oxygen atoms in total. The summed E-state index contributed by atoms with van der Waals surface area (Å²) in [7, 11) is -3.84. The summed E-state index contributed by atoms with van der Waals surface area (Å²) in [6.45, 7) is 0.00242. The summed E-state index contributed by atoms with van der Waals surface area (Å²) in [5.41, 5.74) is 0. The van der Waals surface area contributed by atoms with Gasteiger partial charge in [-0.1, -0.05) is 48.5 Å². The molecule has 0 radical (unpaired) electrons. The first-order valence-electron chi connectivity index (χ1n) is 7.63. The van der Waals surface area contributed by atoms with Crippen LogP contribution in [-0.4, -0.2) is 26.9 Å². The van der Waals surface area contributed by atoms with Gasteiger partial charge in [-0.25, -0.2) is 13.1 Å². The van der Waals surface area contributed by atoms with Gasteiger partial charge in [0.2, 0.25) is 15.9 Å². The molecule has 1 aliphatic carbocycles. The summed E-state index contributed by atoms with van der Waals surface area (Å²) in [6.07, 6.45) is 5.53. The molecular weight excluding hydrogens is 359 g/mol. The lowest BCUT2D eigenvalue weighted by atomic mass is 9.95. The number of nitrogens with one attached hydrogen (secondary N) is 2. The third-order valence-electron chi connectivity index (χ3n) is 3.80. The van der Waals surface area contributed by atoms with E-state index in [0.717, 1.165) is 25.7 Å². The standard InChI is InChI=1S/C15H20Cl2N2O3S/c16-12-7-4-8-13(17)15(12)23(21,22)18-10-9-14(20)19-11-5-2-1-3-6-11/h4,7-8,11,18H,1-3,5-6,9-10H2,(H,19,20). The van der Waals surface area contributed by atoms with Gasteiger partial charge in [0.05, 0.1) is 10.0 Å². The molecule has 1 aliphatic rings. The molecule has 2 N–H and O–H groups in total. The molecule has 23 heavy (non-hydrogen) atoms. The first kappa shape index (κ1) is 18.5. The van der Waals surface area contributed by atoms with Gasteiger partial charge in [0.25, 0.3) is 0 Å². The number of carbonyl (C=O) groups is 1. The Balaban J connectivity index is 1.86. The first-order valence-corrected chi connectivity index (χ1v) is 9.87. The van der Waals surface area contributed by atoms with E-state index < -0.39 is 10.0 Å². The fourth-order valence-electron chi connectivity index (χ4n) is 2.66. The monoisotopic (exact) mass is 378 g/mol. The van der Waals surface area contributed by atoms with Gasteiger partial charge in [0.1, 0.15) is 4.90 Å². The van der Waals surface area contributed by atoms with Crippen LogP contribution < -0.4 is 10.0 Å². The van der Waals surface area contributed by atoms with Crippen LogP contribution in [0.15, 0.2) is 23.1 Å². The average molecular weight is 379 g/mol. The largest absolute Gasteiger partial charge is 0.353 e. The van der Waals surface area contributed by atoms with Crippen molar-refractivity contribution in [2.75, 3.05) is 6.54 Å². The molecule has 0 bridgehead atoms. The van der Waals surface area contributed by atoms with Crippen molar-refractivity contribution >= 4 is 39.1 Å². The van der Waals surface area contributed by atoms with Gasteiger partial charge in [0.15, 0.2) is 0 Å². The van der Waals surface area contributed by atoms with Crippen molar-refractivity contribution < 1.29 is 13.2 Å². The molecule has 1 fully saturated rings. The van der Waals surface area contributed by atoms with Gasteiger partial charge >= 0.3 is 0 Å². The number of carbonyl (C=O) groups excluding carboxylic acids is 1. The van der Waals surface area contributed by atoms with Crippen LogP contribution >= 0.6 is 23.2 Å². The Bertz CT molecular complexity index is 638. The van der Waals surface area contributed by atoms with Crippen molar-refractivity contribution in [2.45, 2.75) is 49.5 Å². The van der Waals surface area contributed by atoms with Crippen molar-refractivity contribution in [3.63, 3.8) is 0 Å². The maximum Gasteiger partial charge on any atom is 0.243 e. The lowest BCUT2D eigenvalue weighted by molar-refractivity contribution is -0.121. The van der Waals surface area contributed by atoms with Crippen LogP contribution in [0.4, 0.5) is 0 Å². The van der Waals surface area contributed by atoms with Crippen molar-refractivity contribution in [2.24, 2.45) is 0 Å². The van der Waals surface area contributed by atoms with Crippen LogP contribution in [-0.2, 0) is 14.8 Å². The SMILES string of the molecule is O=C(CCNS(=O)(=O)c1c(Cl)cccc1Cl)NC1CCCCC1. The minimum atomic E-state index is -3.84. The van der Waals surface area contributed by atoms with Crippen LogP contribution in [0.3, 0.4) is 0 Å². The van der Waals surface area contributed by atoms with E-state index in [1.54, 1.807) is 6.07 Å². The predicted molar refractivity (Wildman–Crippen MR) is 91.3 cm³/mol. The highest BCUT2D eigenvalue weighted by Gasteiger charge is 2.22. The third-order valence-corrected chi connectivity index (χ3v) is 6.22. The number of halogens is 2. The summed E-state index contributed by atoms with van der Waals surface area (Å²) in [4.78, 5) is 11.7. The Morgan fingerprint density at radius 3 is 2.35 bits per heavy atom. The quantitative estimate of drug-likeness (QED) is 0.798. The van der Waals surface area contributed by atoms with Crippen molar-refractivity contribution in [1.29, 1.82) is 0 Å². The Hall–Kier alpha value is -0.820. The van der Waals surface area contributed by atoms with E-state index in [9.17, 15) is 13.2 Å². The van der Waals surface area contributed by atoms with Crippen molar-refractivity contribution in [3.8, 4) is 0 Å². The van der Waals surface area contributed by atoms with Crippen LogP contribution in [0.2, 0.25) is 10.0 Å². The fourth-order valence-corrected chi connectivity index (χ4v) is 4.83. The summed E-state index contributed by atoms with van der Waals surface area (Å²) in [5.74, 6) is -0.148. The minimum Gasteiger partial charge on any atom is -0.353 e. The number of rotatable bonds is 6. The number of amides is 1. The molecule has 0 spiro atoms. The maximum atomic E-state index is 12.2. The molecule has 0 saturated heterocycles. The molecule has 1 aromatic carbocycles. The molecule has 8 heteroatoms. The van der Waals surface area contributed by atoms with Gasteiger partial charge in [-0.15, -0.1) is 0 Å². The van der Waals surface area contributed by atoms with E-state index >= 15 is 0 Å². The Labute approximate surface area is 146 Å². The van der Waals surface area contributed by atoms with E-state index in [1.165, 1.54) is 18.6 Å². The van der Waals surface area contributed by atoms with E-state index in [0.29, 0.717) is 0 Å². The zero-order valence-electron chi connectivity index (χ0n) is 12.6. The van der Waals surface area contributed by atoms with E-state index in [2.05, 4.69) is 10.0 Å². The maximum absolute atomic E-state index is 12.2. The smallest absolute Gasteiger partial charge is 0.243 e. The summed E-state index contributed by atoms with van der Waals surface area (Å²) in [6, 6.07) is 4.70. The zero-order valence-corrected chi connectivity index (χ0v) is 15.0. The molecule has 0 unspecified atom stereocenters. The predicted octanol–water partition coefficient (Wildman–Crippen LogP) is 3.11. The molecule has 0 atom stereocenters. The molecule has 1 saturated carbocycles. The van der Waals surface area contributed by atoms with Gasteiger partial charge in [-0.2, -0.15) is 0 Å². The third kappa shape index (κ3) is 5.35. The first-order chi connectivity index (χ1) is 10.9. The molecular formula is C15H20Cl2N2O3S. The molecule has 0 aromatic heterocycles. The number of benzene rings is 1. The molecule has 2 rings (SSSR count). The number of hydrogen-bond acceptors (Lipinski definition) is 3. The van der Waals surface area contributed by atoms with Crippen molar-refractivity contribution in [3.05, 3.63) is 28.2 Å². The van der Waals surface area contributed by atoms with Crippen LogP contribution in [0.25, 0.3) is 0 Å². The van der Waals surface area contributed by atoms with Crippen LogP contribution in [0.5, 0.6) is 0 Å². The summed E-state index contributed by atoms with van der Waals surface area (Å²) >= 11 is 11.8. The summed E-state index contributed by atoms with van der Waals surface area (Å²) in [5, 5.41) is 3.05. The van der Waals surface area contributed by atoms with Gasteiger partial charge in [-0.3, -0.25) is 4.79 Å². The van der Waals surface area contributed by atoms with Crippen LogP contribution in [0.1, 0.15) is 38.5 Å². The number of sulfonamides is 1. The molecule has 1 amide bonds. The van der Waals surface area contributed by atoms with E-state index in [-0.39, 0.29) is 39.9 Å². The summed E-state index contributed by atoms with van der Waals surface area (Å²) < 4.78 is 26.8. The number of hydrogen-bond donors (Lipinski definition) is 2. The Morgan fingerprint density at radius 1 is 1.13 bits per heavy atom. The highest BCUT2D eigenvalue weighted by molar-refractivity contribution is 7.89. The lowest BCUT2D eigenvalue weighted by Crippen LogP contribution is -2.38. The Kier molecular flexibility index (Phi) is 6.71. The molecule has 1 aromatic rings. The molecule has 128 valence electrons. The second kappa shape index (κ2) is 8.33. The molecule has 0 aliphatic heterocycles. The normalized spacial score (nSPS) is 16.3. The lowest BCUT2D eigenvalue weighted by Gasteiger charge is -2.22. The van der Waals surface area contributed by atoms with Gasteiger partial charge in [0, 0.05) is 19.0 Å².